The van der Waals surface area contributed by atoms with Gasteiger partial charge in [0.2, 0.25) is 0 Å². The molecule has 23 heavy (non-hydrogen) atoms. The minimum Gasteiger partial charge on any atom is -0.506 e. The fourth-order valence-corrected chi connectivity index (χ4v) is 3.48. The van der Waals surface area contributed by atoms with Crippen molar-refractivity contribution in [1.82, 2.24) is 5.32 Å². The van der Waals surface area contributed by atoms with Crippen LogP contribution in [0, 0.1) is 0 Å². The topological polar surface area (TPSA) is 50.7 Å². The summed E-state index contributed by atoms with van der Waals surface area (Å²) in [6.45, 7) is 0.775. The molecule has 0 radical (unpaired) electrons. The second-order valence-electron chi connectivity index (χ2n) is 5.37. The number of hydrogen-bond donors (Lipinski definition) is 2. The van der Waals surface area contributed by atoms with Crippen LogP contribution in [0.2, 0.25) is 10.0 Å². The highest BCUT2D eigenvalue weighted by Crippen LogP contribution is 2.42. The Bertz CT molecular complexity index is 749. The van der Waals surface area contributed by atoms with Gasteiger partial charge < -0.3 is 19.9 Å². The molecule has 0 fully saturated rings. The summed E-state index contributed by atoms with van der Waals surface area (Å²) in [5, 5.41) is 14.5. The molecule has 3 rings (SSSR count). The molecule has 122 valence electrons. The van der Waals surface area contributed by atoms with Gasteiger partial charge in [0.05, 0.1) is 25.3 Å². The van der Waals surface area contributed by atoms with Crippen LogP contribution >= 0.6 is 23.2 Å². The third-order valence-corrected chi connectivity index (χ3v) is 4.57. The average Bonchev–Trinajstić information content (AvgIpc) is 2.56. The smallest absolute Gasteiger partial charge is 0.161 e. The molecule has 2 aromatic rings. The molecule has 0 amide bonds. The Labute approximate surface area is 144 Å². The predicted octanol–water partition coefficient (Wildman–Crippen LogP) is 3.95. The molecule has 0 aromatic heterocycles. The number of fused-ring (bicyclic) bond motifs is 1. The molecule has 0 bridgehead atoms. The molecule has 0 spiro atoms. The van der Waals surface area contributed by atoms with Crippen molar-refractivity contribution in [2.75, 3.05) is 20.8 Å². The molecule has 1 aliphatic heterocycles. The van der Waals surface area contributed by atoms with Crippen molar-refractivity contribution in [2.45, 2.75) is 12.5 Å². The van der Waals surface area contributed by atoms with Crippen LogP contribution in [0.3, 0.4) is 0 Å². The SMILES string of the molecule is COc1cc2c(cc1OC)[C@H](c1cc(Cl)cc(Cl)c1O)NCC2. The molecular formula is C17H17Cl2NO3. The van der Waals surface area contributed by atoms with Crippen molar-refractivity contribution in [3.05, 3.63) is 51.0 Å². The fraction of sp³-hybridized carbons (Fsp3) is 0.294. The van der Waals surface area contributed by atoms with Crippen LogP contribution in [0.5, 0.6) is 17.2 Å². The number of phenols is 1. The maximum absolute atomic E-state index is 10.3. The standard InChI is InChI=1S/C17H17Cl2NO3/c1-22-14-5-9-3-4-20-16(11(9)8-15(14)23-2)12-6-10(18)7-13(19)17(12)21/h5-8,16,20-21H,3-4H2,1-2H3/t16-/m1/s1. The van der Waals surface area contributed by atoms with E-state index in [4.69, 9.17) is 32.7 Å². The lowest BCUT2D eigenvalue weighted by Gasteiger charge is -2.29. The number of benzene rings is 2. The summed E-state index contributed by atoms with van der Waals surface area (Å²) < 4.78 is 10.8. The van der Waals surface area contributed by atoms with Crippen LogP contribution < -0.4 is 14.8 Å². The molecule has 2 N–H and O–H groups in total. The van der Waals surface area contributed by atoms with Gasteiger partial charge >= 0.3 is 0 Å². The zero-order valence-corrected chi connectivity index (χ0v) is 14.3. The third kappa shape index (κ3) is 2.94. The second kappa shape index (κ2) is 6.48. The molecule has 4 nitrogen and oxygen atoms in total. The van der Waals surface area contributed by atoms with Gasteiger partial charge in [0.25, 0.3) is 0 Å². The van der Waals surface area contributed by atoms with Crippen LogP contribution in [-0.2, 0) is 6.42 Å². The van der Waals surface area contributed by atoms with Crippen molar-refractivity contribution in [3.63, 3.8) is 0 Å². The highest BCUT2D eigenvalue weighted by atomic mass is 35.5. The predicted molar refractivity (Wildman–Crippen MR) is 91.2 cm³/mol. The first-order valence-electron chi connectivity index (χ1n) is 7.21. The van der Waals surface area contributed by atoms with Crippen LogP contribution in [0.25, 0.3) is 0 Å². The van der Waals surface area contributed by atoms with E-state index in [1.807, 2.05) is 12.1 Å². The van der Waals surface area contributed by atoms with Gasteiger partial charge in [0, 0.05) is 17.1 Å². The zero-order valence-electron chi connectivity index (χ0n) is 12.8. The van der Waals surface area contributed by atoms with Gasteiger partial charge in [-0.3, -0.25) is 0 Å². The number of aromatic hydroxyl groups is 1. The van der Waals surface area contributed by atoms with E-state index in [1.165, 1.54) is 6.07 Å². The first-order valence-corrected chi connectivity index (χ1v) is 7.96. The lowest BCUT2D eigenvalue weighted by atomic mass is 9.89. The molecule has 1 atom stereocenters. The molecule has 0 saturated heterocycles. The van der Waals surface area contributed by atoms with Crippen molar-refractivity contribution in [3.8, 4) is 17.2 Å². The highest BCUT2D eigenvalue weighted by molar-refractivity contribution is 6.35. The molecule has 2 aromatic carbocycles. The van der Waals surface area contributed by atoms with Gasteiger partial charge in [-0.25, -0.2) is 0 Å². The highest BCUT2D eigenvalue weighted by Gasteiger charge is 2.27. The Balaban J connectivity index is 2.15. The Kier molecular flexibility index (Phi) is 4.57. The van der Waals surface area contributed by atoms with E-state index in [-0.39, 0.29) is 16.8 Å². The molecule has 0 unspecified atom stereocenters. The van der Waals surface area contributed by atoms with E-state index >= 15 is 0 Å². The Morgan fingerprint density at radius 2 is 1.74 bits per heavy atom. The van der Waals surface area contributed by atoms with Crippen LogP contribution in [0.15, 0.2) is 24.3 Å². The number of hydrogen-bond acceptors (Lipinski definition) is 4. The fourth-order valence-electron chi connectivity index (χ4n) is 2.97. The van der Waals surface area contributed by atoms with Gasteiger partial charge in [0.1, 0.15) is 5.75 Å². The number of methoxy groups -OCH3 is 2. The van der Waals surface area contributed by atoms with Crippen LogP contribution in [-0.4, -0.2) is 25.9 Å². The van der Waals surface area contributed by atoms with Gasteiger partial charge in [-0.1, -0.05) is 23.2 Å². The van der Waals surface area contributed by atoms with E-state index in [0.29, 0.717) is 22.1 Å². The first-order chi connectivity index (χ1) is 11.0. The summed E-state index contributed by atoms with van der Waals surface area (Å²) in [4.78, 5) is 0. The number of ether oxygens (including phenoxy) is 2. The summed E-state index contributed by atoms with van der Waals surface area (Å²) >= 11 is 12.2. The van der Waals surface area contributed by atoms with E-state index < -0.39 is 0 Å². The number of rotatable bonds is 3. The number of halogens is 2. The maximum Gasteiger partial charge on any atom is 0.161 e. The van der Waals surface area contributed by atoms with Crippen molar-refractivity contribution >= 4 is 23.2 Å². The molecule has 1 heterocycles. The first kappa shape index (κ1) is 16.2. The van der Waals surface area contributed by atoms with E-state index in [0.717, 1.165) is 24.1 Å². The minimum absolute atomic E-state index is 0.0381. The van der Waals surface area contributed by atoms with Crippen molar-refractivity contribution in [2.24, 2.45) is 0 Å². The lowest BCUT2D eigenvalue weighted by Crippen LogP contribution is -2.30. The van der Waals surface area contributed by atoms with Crippen LogP contribution in [0.1, 0.15) is 22.7 Å². The van der Waals surface area contributed by atoms with Crippen molar-refractivity contribution < 1.29 is 14.6 Å². The molecule has 0 aliphatic carbocycles. The number of nitrogens with one attached hydrogen (secondary N) is 1. The summed E-state index contributed by atoms with van der Waals surface area (Å²) in [6.07, 6.45) is 0.862. The lowest BCUT2D eigenvalue weighted by molar-refractivity contribution is 0.352. The van der Waals surface area contributed by atoms with Gasteiger partial charge in [-0.05, 0) is 41.8 Å². The monoisotopic (exact) mass is 353 g/mol. The Hall–Kier alpha value is -1.62. The Morgan fingerprint density at radius 1 is 1.04 bits per heavy atom. The van der Waals surface area contributed by atoms with E-state index in [1.54, 1.807) is 20.3 Å². The van der Waals surface area contributed by atoms with E-state index in [9.17, 15) is 5.11 Å². The third-order valence-electron chi connectivity index (χ3n) is 4.07. The Morgan fingerprint density at radius 3 is 2.43 bits per heavy atom. The zero-order chi connectivity index (χ0) is 16.6. The molecule has 1 aliphatic rings. The van der Waals surface area contributed by atoms with Crippen LogP contribution in [0.4, 0.5) is 0 Å². The quantitative estimate of drug-likeness (QED) is 0.876. The van der Waals surface area contributed by atoms with Gasteiger partial charge in [-0.2, -0.15) is 0 Å². The maximum atomic E-state index is 10.3. The van der Waals surface area contributed by atoms with Gasteiger partial charge in [0.15, 0.2) is 11.5 Å². The summed E-state index contributed by atoms with van der Waals surface area (Å²) in [5.41, 5.74) is 2.81. The summed E-state index contributed by atoms with van der Waals surface area (Å²) in [7, 11) is 3.22. The average molecular weight is 354 g/mol. The molecule has 0 saturated carbocycles. The molecule has 6 heteroatoms. The molecular weight excluding hydrogens is 337 g/mol. The van der Waals surface area contributed by atoms with E-state index in [2.05, 4.69) is 5.32 Å². The van der Waals surface area contributed by atoms with Gasteiger partial charge in [-0.15, -0.1) is 0 Å². The minimum atomic E-state index is -0.213. The number of phenolic OH excluding ortho intramolecular Hbond substituents is 1. The largest absolute Gasteiger partial charge is 0.506 e. The summed E-state index contributed by atoms with van der Waals surface area (Å²) in [5.74, 6) is 1.38. The normalized spacial score (nSPS) is 16.8. The second-order valence-corrected chi connectivity index (χ2v) is 6.21. The van der Waals surface area contributed by atoms with Crippen molar-refractivity contribution in [1.29, 1.82) is 0 Å². The summed E-state index contributed by atoms with van der Waals surface area (Å²) in [6, 6.07) is 6.95.